The summed E-state index contributed by atoms with van der Waals surface area (Å²) < 4.78 is 0. The van der Waals surface area contributed by atoms with Gasteiger partial charge in [-0.15, -0.1) is 0 Å². The number of hydrogen-bond acceptors (Lipinski definition) is 3. The summed E-state index contributed by atoms with van der Waals surface area (Å²) in [6.07, 6.45) is 2.17. The van der Waals surface area contributed by atoms with Crippen LogP contribution in [-0.4, -0.2) is 41.8 Å². The Hall–Kier alpha value is -0.800. The van der Waals surface area contributed by atoms with Crippen molar-refractivity contribution in [3.05, 3.63) is 35.4 Å². The summed E-state index contributed by atoms with van der Waals surface area (Å²) in [7, 11) is 2.05. The van der Waals surface area contributed by atoms with Gasteiger partial charge in [-0.2, -0.15) is 11.8 Å². The number of ketones is 1. The quantitative estimate of drug-likeness (QED) is 0.779. The van der Waals surface area contributed by atoms with Crippen LogP contribution in [0, 0.1) is 0 Å². The van der Waals surface area contributed by atoms with Gasteiger partial charge in [-0.05, 0) is 25.1 Å². The van der Waals surface area contributed by atoms with Crippen LogP contribution in [0.1, 0.15) is 29.3 Å². The zero-order chi connectivity index (χ0) is 13.0. The zero-order valence-corrected chi connectivity index (χ0v) is 12.0. The molecule has 2 nitrogen and oxygen atoms in total. The number of Topliss-reactive ketones (excluding diaryl/α,β-unsaturated/α-hetero) is 1. The van der Waals surface area contributed by atoms with E-state index in [0.29, 0.717) is 0 Å². The SMILES string of the molecule is CCCc1cccc(C(=O)C2CSCCN2C)c1. The smallest absolute Gasteiger partial charge is 0.180 e. The molecule has 0 spiro atoms. The van der Waals surface area contributed by atoms with Crippen molar-refractivity contribution in [1.82, 2.24) is 4.90 Å². The first-order valence-corrected chi connectivity index (χ1v) is 7.79. The predicted molar refractivity (Wildman–Crippen MR) is 78.5 cm³/mol. The maximum Gasteiger partial charge on any atom is 0.180 e. The lowest BCUT2D eigenvalue weighted by molar-refractivity contribution is 0.0874. The molecule has 1 heterocycles. The average molecular weight is 263 g/mol. The Morgan fingerprint density at radius 1 is 1.50 bits per heavy atom. The van der Waals surface area contributed by atoms with Gasteiger partial charge in [-0.3, -0.25) is 9.69 Å². The Balaban J connectivity index is 2.14. The van der Waals surface area contributed by atoms with Gasteiger partial charge in [0.2, 0.25) is 0 Å². The first kappa shape index (κ1) is 13.6. The number of nitrogens with zero attached hydrogens (tertiary/aromatic N) is 1. The van der Waals surface area contributed by atoms with Gasteiger partial charge >= 0.3 is 0 Å². The van der Waals surface area contributed by atoms with Gasteiger partial charge in [0.15, 0.2) is 5.78 Å². The maximum atomic E-state index is 12.5. The van der Waals surface area contributed by atoms with Crippen LogP contribution in [0.2, 0.25) is 0 Å². The highest BCUT2D eigenvalue weighted by atomic mass is 32.2. The summed E-state index contributed by atoms with van der Waals surface area (Å²) in [5, 5.41) is 0. The fraction of sp³-hybridized carbons (Fsp3) is 0.533. The molecular weight excluding hydrogens is 242 g/mol. The van der Waals surface area contributed by atoms with Crippen molar-refractivity contribution in [2.24, 2.45) is 0 Å². The van der Waals surface area contributed by atoms with Crippen LogP contribution in [0.5, 0.6) is 0 Å². The third kappa shape index (κ3) is 3.15. The van der Waals surface area contributed by atoms with Gasteiger partial charge in [-0.25, -0.2) is 0 Å². The van der Waals surface area contributed by atoms with E-state index < -0.39 is 0 Å². The summed E-state index contributed by atoms with van der Waals surface area (Å²) in [6, 6.07) is 8.20. The molecule has 0 aromatic heterocycles. The molecule has 0 N–H and O–H groups in total. The Morgan fingerprint density at radius 3 is 3.06 bits per heavy atom. The molecule has 0 aliphatic carbocycles. The average Bonchev–Trinajstić information content (AvgIpc) is 2.39. The Labute approximate surface area is 114 Å². The van der Waals surface area contributed by atoms with E-state index in [1.54, 1.807) is 0 Å². The van der Waals surface area contributed by atoms with E-state index in [0.717, 1.165) is 36.5 Å². The van der Waals surface area contributed by atoms with Crippen LogP contribution >= 0.6 is 11.8 Å². The number of likely N-dealkylation sites (N-methyl/N-ethyl adjacent to an activating group) is 1. The van der Waals surface area contributed by atoms with Crippen molar-refractivity contribution in [2.45, 2.75) is 25.8 Å². The Bertz CT molecular complexity index is 419. The van der Waals surface area contributed by atoms with Crippen LogP contribution in [0.15, 0.2) is 24.3 Å². The topological polar surface area (TPSA) is 20.3 Å². The standard InChI is InChI=1S/C15H21NOS/c1-3-5-12-6-4-7-13(10-12)15(17)14-11-18-9-8-16(14)2/h4,6-7,10,14H,3,5,8-9,11H2,1-2H3. The molecule has 1 fully saturated rings. The molecule has 1 unspecified atom stereocenters. The van der Waals surface area contributed by atoms with Crippen LogP contribution < -0.4 is 0 Å². The number of carbonyl (C=O) groups is 1. The van der Waals surface area contributed by atoms with Crippen LogP contribution in [0.3, 0.4) is 0 Å². The van der Waals surface area contributed by atoms with Gasteiger partial charge in [-0.1, -0.05) is 31.5 Å². The number of hydrogen-bond donors (Lipinski definition) is 0. The lowest BCUT2D eigenvalue weighted by atomic mass is 10.0. The number of aryl methyl sites for hydroxylation is 1. The predicted octanol–water partition coefficient (Wildman–Crippen LogP) is 2.87. The van der Waals surface area contributed by atoms with Crippen molar-refractivity contribution in [3.8, 4) is 0 Å². The highest BCUT2D eigenvalue weighted by Crippen LogP contribution is 2.19. The molecule has 1 saturated heterocycles. The molecule has 1 atom stereocenters. The molecule has 3 heteroatoms. The molecule has 0 saturated carbocycles. The molecule has 1 aromatic rings. The van der Waals surface area contributed by atoms with Crippen LogP contribution in [-0.2, 0) is 6.42 Å². The highest BCUT2D eigenvalue weighted by Gasteiger charge is 2.27. The molecular formula is C15H21NOS. The van der Waals surface area contributed by atoms with Crippen molar-refractivity contribution in [1.29, 1.82) is 0 Å². The molecule has 98 valence electrons. The molecule has 1 aromatic carbocycles. The van der Waals surface area contributed by atoms with Crippen LogP contribution in [0.25, 0.3) is 0 Å². The first-order chi connectivity index (χ1) is 8.72. The summed E-state index contributed by atoms with van der Waals surface area (Å²) in [4.78, 5) is 14.7. The number of carbonyl (C=O) groups excluding carboxylic acids is 1. The fourth-order valence-electron chi connectivity index (χ4n) is 2.32. The summed E-state index contributed by atoms with van der Waals surface area (Å²) in [5.41, 5.74) is 2.15. The highest BCUT2D eigenvalue weighted by molar-refractivity contribution is 7.99. The van der Waals surface area contributed by atoms with E-state index in [-0.39, 0.29) is 11.8 Å². The third-order valence-corrected chi connectivity index (χ3v) is 4.47. The van der Waals surface area contributed by atoms with Crippen LogP contribution in [0.4, 0.5) is 0 Å². The number of rotatable bonds is 4. The minimum absolute atomic E-state index is 0.0561. The molecule has 1 aliphatic rings. The molecule has 0 radical (unpaired) electrons. The second-order valence-corrected chi connectivity index (χ2v) is 6.04. The van der Waals surface area contributed by atoms with Crippen molar-refractivity contribution in [3.63, 3.8) is 0 Å². The van der Waals surface area contributed by atoms with Gasteiger partial charge < -0.3 is 0 Å². The lowest BCUT2D eigenvalue weighted by Crippen LogP contribution is -2.44. The maximum absolute atomic E-state index is 12.5. The van der Waals surface area contributed by atoms with Gasteiger partial charge in [0, 0.05) is 23.6 Å². The molecule has 2 rings (SSSR count). The molecule has 1 aliphatic heterocycles. The Kier molecular flexibility index (Phi) is 4.84. The molecule has 0 bridgehead atoms. The fourth-order valence-corrected chi connectivity index (χ4v) is 3.54. The lowest BCUT2D eigenvalue weighted by Gasteiger charge is -2.30. The second-order valence-electron chi connectivity index (χ2n) is 4.89. The minimum atomic E-state index is 0.0561. The van der Waals surface area contributed by atoms with Crippen molar-refractivity contribution >= 4 is 17.5 Å². The molecule has 18 heavy (non-hydrogen) atoms. The monoisotopic (exact) mass is 263 g/mol. The third-order valence-electron chi connectivity index (χ3n) is 3.45. The molecule has 0 amide bonds. The van der Waals surface area contributed by atoms with E-state index >= 15 is 0 Å². The van der Waals surface area contributed by atoms with E-state index in [2.05, 4.69) is 31.0 Å². The van der Waals surface area contributed by atoms with Gasteiger partial charge in [0.05, 0.1) is 6.04 Å². The zero-order valence-electron chi connectivity index (χ0n) is 11.2. The summed E-state index contributed by atoms with van der Waals surface area (Å²) in [5.74, 6) is 2.34. The normalized spacial score (nSPS) is 20.9. The minimum Gasteiger partial charge on any atom is -0.295 e. The van der Waals surface area contributed by atoms with E-state index in [1.165, 1.54) is 5.56 Å². The largest absolute Gasteiger partial charge is 0.295 e. The van der Waals surface area contributed by atoms with Gasteiger partial charge in [0.1, 0.15) is 0 Å². The summed E-state index contributed by atoms with van der Waals surface area (Å²) >= 11 is 1.88. The van der Waals surface area contributed by atoms with Crippen molar-refractivity contribution < 1.29 is 4.79 Å². The first-order valence-electron chi connectivity index (χ1n) is 6.63. The Morgan fingerprint density at radius 2 is 2.33 bits per heavy atom. The summed E-state index contributed by atoms with van der Waals surface area (Å²) in [6.45, 7) is 3.18. The van der Waals surface area contributed by atoms with Crippen molar-refractivity contribution in [2.75, 3.05) is 25.1 Å². The van der Waals surface area contributed by atoms with E-state index in [4.69, 9.17) is 0 Å². The van der Waals surface area contributed by atoms with E-state index in [1.807, 2.05) is 23.9 Å². The second kappa shape index (κ2) is 6.39. The number of thioether (sulfide) groups is 1. The number of benzene rings is 1. The van der Waals surface area contributed by atoms with E-state index in [9.17, 15) is 4.79 Å². The van der Waals surface area contributed by atoms with Gasteiger partial charge in [0.25, 0.3) is 0 Å².